The molecule has 1 unspecified atom stereocenters. The van der Waals surface area contributed by atoms with Crippen LogP contribution in [-0.4, -0.2) is 48.0 Å². The van der Waals surface area contributed by atoms with E-state index in [2.05, 4.69) is 5.32 Å². The van der Waals surface area contributed by atoms with Crippen molar-refractivity contribution in [2.24, 2.45) is 5.10 Å². The van der Waals surface area contributed by atoms with Crippen LogP contribution in [0.3, 0.4) is 0 Å². The number of ether oxygens (including phenoxy) is 2. The van der Waals surface area contributed by atoms with Gasteiger partial charge in [-0.2, -0.15) is 5.10 Å². The zero-order chi connectivity index (χ0) is 24.8. The van der Waals surface area contributed by atoms with E-state index in [1.165, 1.54) is 19.8 Å². The first kappa shape index (κ1) is 24.4. The van der Waals surface area contributed by atoms with E-state index in [1.807, 2.05) is 30.3 Å². The molecular weight excluding hydrogens is 446 g/mol. The number of aldehydes is 1. The van der Waals surface area contributed by atoms with Gasteiger partial charge in [-0.3, -0.25) is 14.6 Å². The summed E-state index contributed by atoms with van der Waals surface area (Å²) in [5.41, 5.74) is 3.32. The lowest BCUT2D eigenvalue weighted by atomic mass is 10.00. The van der Waals surface area contributed by atoms with Crippen molar-refractivity contribution in [1.82, 2.24) is 5.01 Å². The molecule has 0 radical (unpaired) electrons. The number of nitrogens with zero attached hydrogens (tertiary/aromatic N) is 2. The number of hydrazone groups is 1. The summed E-state index contributed by atoms with van der Waals surface area (Å²) in [5, 5.41) is 9.19. The first-order chi connectivity index (χ1) is 17.0. The van der Waals surface area contributed by atoms with Crippen LogP contribution >= 0.6 is 0 Å². The minimum absolute atomic E-state index is 0.214. The molecular formula is C27H31N3O5. The topological polar surface area (TPSA) is 97.3 Å². The van der Waals surface area contributed by atoms with Crippen molar-refractivity contribution in [3.05, 3.63) is 53.6 Å². The Balaban J connectivity index is 1.52. The molecule has 0 spiro atoms. The molecule has 1 amide bonds. The Morgan fingerprint density at radius 2 is 1.83 bits per heavy atom. The molecule has 8 heteroatoms. The standard InChI is InChI=1S/C27H31N3O5/c1-18(32)27(33)28-21-10-7-19(8-11-21)16-30-22(17-31)12-13-24(29-30)20-9-14-25(34-2)26(15-20)35-23-5-3-4-6-23/h7-11,14-15,17,22-23H,3-6,12-13,16H2,1-2H3,(H,28,33). The molecule has 1 aliphatic heterocycles. The van der Waals surface area contributed by atoms with Crippen LogP contribution < -0.4 is 14.8 Å². The zero-order valence-electron chi connectivity index (χ0n) is 20.2. The Morgan fingerprint density at radius 3 is 2.49 bits per heavy atom. The third kappa shape index (κ3) is 6.07. The average Bonchev–Trinajstić information content (AvgIpc) is 3.38. The number of hydrogen-bond acceptors (Lipinski definition) is 7. The SMILES string of the molecule is COc1ccc(C2=NN(Cc3ccc(NC(=O)C(C)=O)cc3)C(C=O)CC2)cc1OC1CCCC1. The van der Waals surface area contributed by atoms with E-state index in [1.54, 1.807) is 24.3 Å². The number of Topliss-reactive ketones (excluding diaryl/α,β-unsaturated/α-hetero) is 1. The molecule has 2 aromatic rings. The Labute approximate surface area is 205 Å². The maximum absolute atomic E-state index is 11.7. The molecule has 1 aliphatic carbocycles. The highest BCUT2D eigenvalue weighted by atomic mass is 16.5. The Morgan fingerprint density at radius 1 is 1.09 bits per heavy atom. The van der Waals surface area contributed by atoms with E-state index in [4.69, 9.17) is 14.6 Å². The van der Waals surface area contributed by atoms with Crippen LogP contribution in [0.5, 0.6) is 11.5 Å². The lowest BCUT2D eigenvalue weighted by Gasteiger charge is -2.31. The summed E-state index contributed by atoms with van der Waals surface area (Å²) >= 11 is 0. The van der Waals surface area contributed by atoms with Crippen molar-refractivity contribution in [1.29, 1.82) is 0 Å². The number of rotatable bonds is 9. The maximum Gasteiger partial charge on any atom is 0.291 e. The number of methoxy groups -OCH3 is 1. The largest absolute Gasteiger partial charge is 0.493 e. The van der Waals surface area contributed by atoms with Crippen LogP contribution in [0.1, 0.15) is 56.6 Å². The van der Waals surface area contributed by atoms with Crippen LogP contribution in [0.4, 0.5) is 5.69 Å². The van der Waals surface area contributed by atoms with Crippen LogP contribution in [-0.2, 0) is 20.9 Å². The first-order valence-corrected chi connectivity index (χ1v) is 12.0. The van der Waals surface area contributed by atoms with Gasteiger partial charge < -0.3 is 19.6 Å². The van der Waals surface area contributed by atoms with Crippen molar-refractivity contribution in [3.8, 4) is 11.5 Å². The summed E-state index contributed by atoms with van der Waals surface area (Å²) in [7, 11) is 1.64. The highest BCUT2D eigenvalue weighted by molar-refractivity contribution is 6.39. The number of benzene rings is 2. The van der Waals surface area contributed by atoms with E-state index >= 15 is 0 Å². The van der Waals surface area contributed by atoms with E-state index in [0.717, 1.165) is 41.7 Å². The quantitative estimate of drug-likeness (QED) is 0.431. The van der Waals surface area contributed by atoms with Gasteiger partial charge in [-0.05, 0) is 74.4 Å². The third-order valence-corrected chi connectivity index (χ3v) is 6.43. The van der Waals surface area contributed by atoms with Gasteiger partial charge in [0.25, 0.3) is 5.91 Å². The van der Waals surface area contributed by atoms with Crippen LogP contribution in [0.25, 0.3) is 0 Å². The number of anilines is 1. The lowest BCUT2D eigenvalue weighted by Crippen LogP contribution is -2.37. The molecule has 1 heterocycles. The molecule has 0 saturated heterocycles. The Bertz CT molecular complexity index is 1110. The predicted octanol–water partition coefficient (Wildman–Crippen LogP) is 4.11. The Kier molecular flexibility index (Phi) is 7.80. The van der Waals surface area contributed by atoms with E-state index in [0.29, 0.717) is 30.8 Å². The summed E-state index contributed by atoms with van der Waals surface area (Å²) in [6.45, 7) is 1.66. The lowest BCUT2D eigenvalue weighted by molar-refractivity contribution is -0.133. The number of carbonyl (C=O) groups excluding carboxylic acids is 3. The van der Waals surface area contributed by atoms with Gasteiger partial charge in [-0.25, -0.2) is 0 Å². The second-order valence-electron chi connectivity index (χ2n) is 8.98. The molecule has 35 heavy (non-hydrogen) atoms. The van der Waals surface area contributed by atoms with Crippen molar-refractivity contribution >= 4 is 29.4 Å². The van der Waals surface area contributed by atoms with Gasteiger partial charge >= 0.3 is 0 Å². The average molecular weight is 478 g/mol. The minimum atomic E-state index is -0.653. The molecule has 1 N–H and O–H groups in total. The molecule has 2 aromatic carbocycles. The number of carbonyl (C=O) groups is 3. The Hall–Kier alpha value is -3.68. The van der Waals surface area contributed by atoms with Crippen molar-refractivity contribution in [2.75, 3.05) is 12.4 Å². The first-order valence-electron chi connectivity index (χ1n) is 12.0. The smallest absolute Gasteiger partial charge is 0.291 e. The summed E-state index contributed by atoms with van der Waals surface area (Å²) in [5.74, 6) is 0.233. The molecule has 2 aliphatic rings. The highest BCUT2D eigenvalue weighted by Crippen LogP contribution is 2.33. The van der Waals surface area contributed by atoms with E-state index in [9.17, 15) is 14.4 Å². The second-order valence-corrected chi connectivity index (χ2v) is 8.98. The fraction of sp³-hybridized carbons (Fsp3) is 0.407. The van der Waals surface area contributed by atoms with Crippen molar-refractivity contribution in [3.63, 3.8) is 0 Å². The van der Waals surface area contributed by atoms with Gasteiger partial charge in [0.2, 0.25) is 5.78 Å². The predicted molar refractivity (Wildman–Crippen MR) is 133 cm³/mol. The van der Waals surface area contributed by atoms with E-state index < -0.39 is 11.7 Å². The molecule has 1 atom stereocenters. The summed E-state index contributed by atoms with van der Waals surface area (Å²) in [4.78, 5) is 34.5. The molecule has 4 rings (SSSR count). The molecule has 184 valence electrons. The molecule has 1 fully saturated rings. The molecule has 1 saturated carbocycles. The maximum atomic E-state index is 11.7. The summed E-state index contributed by atoms with van der Waals surface area (Å²) < 4.78 is 11.8. The molecule has 0 aromatic heterocycles. The third-order valence-electron chi connectivity index (χ3n) is 6.43. The fourth-order valence-electron chi connectivity index (χ4n) is 4.44. The summed E-state index contributed by atoms with van der Waals surface area (Å²) in [6, 6.07) is 12.7. The van der Waals surface area contributed by atoms with Gasteiger partial charge in [-0.15, -0.1) is 0 Å². The second kappa shape index (κ2) is 11.2. The van der Waals surface area contributed by atoms with Gasteiger partial charge in [-0.1, -0.05) is 12.1 Å². The van der Waals surface area contributed by atoms with Crippen molar-refractivity contribution < 1.29 is 23.9 Å². The van der Waals surface area contributed by atoms with Crippen LogP contribution in [0.2, 0.25) is 0 Å². The van der Waals surface area contributed by atoms with Crippen molar-refractivity contribution in [2.45, 2.75) is 64.1 Å². The van der Waals surface area contributed by atoms with Crippen LogP contribution in [0, 0.1) is 0 Å². The number of amides is 1. The minimum Gasteiger partial charge on any atom is -0.493 e. The number of nitrogens with one attached hydrogen (secondary N) is 1. The monoisotopic (exact) mass is 477 g/mol. The highest BCUT2D eigenvalue weighted by Gasteiger charge is 2.25. The number of hydrogen-bond donors (Lipinski definition) is 1. The number of ketones is 1. The van der Waals surface area contributed by atoms with Gasteiger partial charge in [0.05, 0.1) is 25.5 Å². The molecule has 0 bridgehead atoms. The van der Waals surface area contributed by atoms with Crippen LogP contribution in [0.15, 0.2) is 47.6 Å². The van der Waals surface area contributed by atoms with E-state index in [-0.39, 0.29) is 12.1 Å². The van der Waals surface area contributed by atoms with Gasteiger partial charge in [0.1, 0.15) is 12.3 Å². The fourth-order valence-corrected chi connectivity index (χ4v) is 4.44. The summed E-state index contributed by atoms with van der Waals surface area (Å²) in [6.07, 6.45) is 6.99. The normalized spacial score (nSPS) is 18.1. The van der Waals surface area contributed by atoms with Gasteiger partial charge in [0.15, 0.2) is 11.5 Å². The molecule has 8 nitrogen and oxygen atoms in total. The van der Waals surface area contributed by atoms with Gasteiger partial charge in [0, 0.05) is 18.2 Å². The zero-order valence-corrected chi connectivity index (χ0v) is 20.2.